The van der Waals surface area contributed by atoms with Gasteiger partial charge in [-0.2, -0.15) is 13.2 Å². The van der Waals surface area contributed by atoms with Gasteiger partial charge in [-0.25, -0.2) is 9.97 Å². The lowest BCUT2D eigenvalue weighted by atomic mass is 10.1. The molecule has 152 valence electrons. The molecular weight excluding hydrogens is 484 g/mol. The molecule has 1 N–H and O–H groups in total. The summed E-state index contributed by atoms with van der Waals surface area (Å²) < 4.78 is 37.9. The van der Waals surface area contributed by atoms with E-state index in [0.29, 0.717) is 12.5 Å². The Morgan fingerprint density at radius 2 is 1.68 bits per heavy atom. The Kier molecular flexibility index (Phi) is 7.84. The summed E-state index contributed by atoms with van der Waals surface area (Å²) in [6.45, 7) is 3.46. The summed E-state index contributed by atoms with van der Waals surface area (Å²) in [6, 6.07) is 6.94. The van der Waals surface area contributed by atoms with Crippen molar-refractivity contribution in [3.63, 3.8) is 0 Å². The van der Waals surface area contributed by atoms with Gasteiger partial charge in [0.2, 0.25) is 5.95 Å². The molecule has 0 atom stereocenters. The number of benzene rings is 1. The lowest BCUT2D eigenvalue weighted by Crippen LogP contribution is -2.52. The van der Waals surface area contributed by atoms with Crippen LogP contribution in [0, 0.1) is 0 Å². The van der Waals surface area contributed by atoms with Crippen LogP contribution in [0.15, 0.2) is 47.7 Å². The van der Waals surface area contributed by atoms with Gasteiger partial charge in [0, 0.05) is 52.2 Å². The summed E-state index contributed by atoms with van der Waals surface area (Å²) in [5, 5.41) is 3.21. The van der Waals surface area contributed by atoms with Gasteiger partial charge in [0.15, 0.2) is 5.96 Å². The number of piperazine rings is 1. The predicted molar refractivity (Wildman–Crippen MR) is 113 cm³/mol. The summed E-state index contributed by atoms with van der Waals surface area (Å²) >= 11 is 0. The largest absolute Gasteiger partial charge is 0.416 e. The van der Waals surface area contributed by atoms with Crippen LogP contribution in [0.3, 0.4) is 0 Å². The molecular formula is C18H22F3IN6. The molecule has 10 heteroatoms. The topological polar surface area (TPSA) is 56.7 Å². The Balaban J connectivity index is 0.00000280. The van der Waals surface area contributed by atoms with E-state index in [1.54, 1.807) is 25.5 Å². The summed E-state index contributed by atoms with van der Waals surface area (Å²) in [5.41, 5.74) is 0.121. The number of nitrogens with zero attached hydrogens (tertiary/aromatic N) is 5. The van der Waals surface area contributed by atoms with Crippen LogP contribution in [0.2, 0.25) is 0 Å². The fourth-order valence-electron chi connectivity index (χ4n) is 2.90. The second-order valence-electron chi connectivity index (χ2n) is 6.12. The molecule has 0 spiro atoms. The number of alkyl halides is 3. The summed E-state index contributed by atoms with van der Waals surface area (Å²) in [6.07, 6.45) is -0.872. The fourth-order valence-corrected chi connectivity index (χ4v) is 2.90. The van der Waals surface area contributed by atoms with Gasteiger partial charge in [-0.1, -0.05) is 12.1 Å². The fraction of sp³-hybridized carbons (Fsp3) is 0.389. The number of hydrogen-bond acceptors (Lipinski definition) is 4. The quantitative estimate of drug-likeness (QED) is 0.394. The van der Waals surface area contributed by atoms with Crippen LogP contribution in [-0.2, 0) is 12.7 Å². The second kappa shape index (κ2) is 9.89. The van der Waals surface area contributed by atoms with Gasteiger partial charge >= 0.3 is 6.18 Å². The van der Waals surface area contributed by atoms with Crippen molar-refractivity contribution in [2.45, 2.75) is 12.7 Å². The maximum absolute atomic E-state index is 12.6. The molecule has 0 saturated carbocycles. The zero-order valence-corrected chi connectivity index (χ0v) is 17.7. The van der Waals surface area contributed by atoms with E-state index in [1.807, 2.05) is 0 Å². The molecule has 1 aromatic heterocycles. The van der Waals surface area contributed by atoms with Crippen molar-refractivity contribution in [2.24, 2.45) is 4.99 Å². The Hall–Kier alpha value is -2.11. The summed E-state index contributed by atoms with van der Waals surface area (Å²) in [7, 11) is 1.70. The van der Waals surface area contributed by atoms with Gasteiger partial charge in [-0.3, -0.25) is 4.99 Å². The van der Waals surface area contributed by atoms with Gasteiger partial charge in [-0.15, -0.1) is 24.0 Å². The Labute approximate surface area is 178 Å². The highest BCUT2D eigenvalue weighted by Crippen LogP contribution is 2.29. The van der Waals surface area contributed by atoms with E-state index in [2.05, 4.69) is 30.1 Å². The van der Waals surface area contributed by atoms with E-state index in [9.17, 15) is 13.2 Å². The SMILES string of the molecule is CN=C(NCc1ccc(C(F)(F)F)cc1)N1CCN(c2ncccn2)CC1.I. The van der Waals surface area contributed by atoms with Gasteiger partial charge in [-0.05, 0) is 23.8 Å². The number of aliphatic imine (C=N–C) groups is 1. The van der Waals surface area contributed by atoms with Crippen molar-refractivity contribution in [1.82, 2.24) is 20.2 Å². The normalized spacial score (nSPS) is 15.2. The zero-order chi connectivity index (χ0) is 19.3. The molecule has 0 unspecified atom stereocenters. The molecule has 2 heterocycles. The molecule has 1 aromatic carbocycles. The maximum atomic E-state index is 12.6. The first kappa shape index (κ1) is 22.2. The highest BCUT2D eigenvalue weighted by atomic mass is 127. The number of hydrogen-bond donors (Lipinski definition) is 1. The molecule has 0 amide bonds. The molecule has 6 nitrogen and oxygen atoms in total. The average Bonchev–Trinajstić information content (AvgIpc) is 2.69. The van der Waals surface area contributed by atoms with Crippen molar-refractivity contribution >= 4 is 35.9 Å². The van der Waals surface area contributed by atoms with Gasteiger partial charge < -0.3 is 15.1 Å². The molecule has 3 rings (SSSR count). The predicted octanol–water partition coefficient (Wildman–Crippen LogP) is 3.01. The number of nitrogens with one attached hydrogen (secondary N) is 1. The molecule has 1 fully saturated rings. The van der Waals surface area contributed by atoms with Crippen LogP contribution in [0.5, 0.6) is 0 Å². The highest BCUT2D eigenvalue weighted by molar-refractivity contribution is 14.0. The number of anilines is 1. The van der Waals surface area contributed by atoms with E-state index in [0.717, 1.165) is 49.8 Å². The van der Waals surface area contributed by atoms with Gasteiger partial charge in [0.1, 0.15) is 0 Å². The van der Waals surface area contributed by atoms with Crippen LogP contribution in [0.4, 0.5) is 19.1 Å². The lowest BCUT2D eigenvalue weighted by molar-refractivity contribution is -0.137. The van der Waals surface area contributed by atoms with E-state index in [1.165, 1.54) is 12.1 Å². The molecule has 1 saturated heterocycles. The highest BCUT2D eigenvalue weighted by Gasteiger charge is 2.30. The first-order chi connectivity index (χ1) is 13.0. The molecule has 0 radical (unpaired) electrons. The summed E-state index contributed by atoms with van der Waals surface area (Å²) in [4.78, 5) is 17.0. The van der Waals surface area contributed by atoms with Crippen LogP contribution in [0.1, 0.15) is 11.1 Å². The van der Waals surface area contributed by atoms with E-state index in [-0.39, 0.29) is 24.0 Å². The number of halogens is 4. The first-order valence-corrected chi connectivity index (χ1v) is 8.61. The molecule has 28 heavy (non-hydrogen) atoms. The molecule has 1 aliphatic rings. The van der Waals surface area contributed by atoms with E-state index < -0.39 is 11.7 Å². The van der Waals surface area contributed by atoms with E-state index in [4.69, 9.17) is 0 Å². The Bertz CT molecular complexity index is 759. The standard InChI is InChI=1S/C18H21F3N6.HI/c1-22-16(25-13-14-3-5-15(6-4-14)18(19,20)21)26-9-11-27(12-10-26)17-23-7-2-8-24-17;/h2-8H,9-13H2,1H3,(H,22,25);1H. The van der Waals surface area contributed by atoms with Crippen LogP contribution in [0.25, 0.3) is 0 Å². The van der Waals surface area contributed by atoms with Crippen molar-refractivity contribution in [3.05, 3.63) is 53.9 Å². The maximum Gasteiger partial charge on any atom is 0.416 e. The minimum atomic E-state index is -4.32. The summed E-state index contributed by atoms with van der Waals surface area (Å²) in [5.74, 6) is 1.44. The van der Waals surface area contributed by atoms with Crippen LogP contribution in [-0.4, -0.2) is 54.1 Å². The average molecular weight is 506 g/mol. The third-order valence-corrected chi connectivity index (χ3v) is 4.36. The van der Waals surface area contributed by atoms with Crippen molar-refractivity contribution in [1.29, 1.82) is 0 Å². The monoisotopic (exact) mass is 506 g/mol. The minimum Gasteiger partial charge on any atom is -0.352 e. The Morgan fingerprint density at radius 1 is 1.07 bits per heavy atom. The third kappa shape index (κ3) is 5.69. The Morgan fingerprint density at radius 3 is 2.21 bits per heavy atom. The van der Waals surface area contributed by atoms with E-state index >= 15 is 0 Å². The van der Waals surface area contributed by atoms with Crippen molar-refractivity contribution in [2.75, 3.05) is 38.1 Å². The number of guanidine groups is 1. The van der Waals surface area contributed by atoms with Gasteiger partial charge in [0.05, 0.1) is 5.56 Å². The molecule has 0 aliphatic carbocycles. The van der Waals surface area contributed by atoms with Crippen molar-refractivity contribution < 1.29 is 13.2 Å². The van der Waals surface area contributed by atoms with Crippen molar-refractivity contribution in [3.8, 4) is 0 Å². The lowest BCUT2D eigenvalue weighted by Gasteiger charge is -2.36. The zero-order valence-electron chi connectivity index (χ0n) is 15.4. The van der Waals surface area contributed by atoms with Gasteiger partial charge in [0.25, 0.3) is 0 Å². The third-order valence-electron chi connectivity index (χ3n) is 4.36. The molecule has 0 bridgehead atoms. The minimum absolute atomic E-state index is 0. The van der Waals surface area contributed by atoms with Crippen LogP contribution >= 0.6 is 24.0 Å². The molecule has 2 aromatic rings. The smallest absolute Gasteiger partial charge is 0.352 e. The van der Waals surface area contributed by atoms with Crippen LogP contribution < -0.4 is 10.2 Å². The number of aromatic nitrogens is 2. The second-order valence-corrected chi connectivity index (χ2v) is 6.12. The molecule has 1 aliphatic heterocycles. The first-order valence-electron chi connectivity index (χ1n) is 8.61. The number of rotatable bonds is 3.